The van der Waals surface area contributed by atoms with Crippen LogP contribution in [0.5, 0.6) is 0 Å². The van der Waals surface area contributed by atoms with Crippen molar-refractivity contribution in [1.29, 1.82) is 0 Å². The van der Waals surface area contributed by atoms with E-state index in [9.17, 15) is 4.79 Å². The maximum atomic E-state index is 11.4. The second-order valence-corrected chi connectivity index (χ2v) is 4.92. The van der Waals surface area contributed by atoms with Gasteiger partial charge in [0.25, 0.3) is 0 Å². The number of nitrogens with one attached hydrogen (secondary N) is 1. The van der Waals surface area contributed by atoms with Gasteiger partial charge < -0.3 is 9.72 Å². The fourth-order valence-electron chi connectivity index (χ4n) is 1.19. The van der Waals surface area contributed by atoms with E-state index in [0.29, 0.717) is 11.5 Å². The van der Waals surface area contributed by atoms with E-state index in [1.54, 1.807) is 6.92 Å². The van der Waals surface area contributed by atoms with Crippen molar-refractivity contribution in [3.05, 3.63) is 20.7 Å². The molecule has 0 spiro atoms. The summed E-state index contributed by atoms with van der Waals surface area (Å²) < 4.78 is 7.18. The molecule has 0 radical (unpaired) electrons. The van der Waals surface area contributed by atoms with Gasteiger partial charge in [0.15, 0.2) is 0 Å². The Morgan fingerprint density at radius 1 is 1.71 bits per heavy atom. The van der Waals surface area contributed by atoms with Crippen LogP contribution < -0.4 is 0 Å². The Bertz CT molecular complexity index is 474. The highest BCUT2D eigenvalue weighted by atomic mass is 127. The zero-order valence-corrected chi connectivity index (χ0v) is 10.4. The van der Waals surface area contributed by atoms with Crippen LogP contribution in [0.1, 0.15) is 16.6 Å². The summed E-state index contributed by atoms with van der Waals surface area (Å²) in [6.07, 6.45) is 1.93. The SMILES string of the molecule is CCOC(=O)c1cc2[nH]cc(I)c2s1. The molecule has 0 aromatic carbocycles. The molecule has 0 atom stereocenters. The predicted molar refractivity (Wildman–Crippen MR) is 64.8 cm³/mol. The van der Waals surface area contributed by atoms with Crippen LogP contribution in [0.4, 0.5) is 0 Å². The van der Waals surface area contributed by atoms with E-state index in [4.69, 9.17) is 4.74 Å². The third-order valence-corrected chi connectivity index (χ3v) is 4.15. The van der Waals surface area contributed by atoms with E-state index in [0.717, 1.165) is 13.8 Å². The largest absolute Gasteiger partial charge is 0.462 e. The van der Waals surface area contributed by atoms with Crippen LogP contribution in [-0.4, -0.2) is 17.6 Å². The zero-order chi connectivity index (χ0) is 10.1. The summed E-state index contributed by atoms with van der Waals surface area (Å²) in [7, 11) is 0. The molecule has 0 unspecified atom stereocenters. The summed E-state index contributed by atoms with van der Waals surface area (Å²) in [4.78, 5) is 15.2. The number of ether oxygens (including phenoxy) is 1. The summed E-state index contributed by atoms with van der Waals surface area (Å²) in [6, 6.07) is 1.83. The molecule has 0 fully saturated rings. The average molecular weight is 321 g/mol. The monoisotopic (exact) mass is 321 g/mol. The van der Waals surface area contributed by atoms with Crippen molar-refractivity contribution < 1.29 is 9.53 Å². The molecule has 2 heterocycles. The Labute approximate surface area is 98.6 Å². The number of rotatable bonds is 2. The van der Waals surface area contributed by atoms with E-state index in [1.807, 2.05) is 12.3 Å². The fraction of sp³-hybridized carbons (Fsp3) is 0.222. The van der Waals surface area contributed by atoms with Gasteiger partial charge in [0.1, 0.15) is 4.88 Å². The quantitative estimate of drug-likeness (QED) is 0.682. The summed E-state index contributed by atoms with van der Waals surface area (Å²) in [6.45, 7) is 2.23. The van der Waals surface area contributed by atoms with Crippen molar-refractivity contribution >= 4 is 50.1 Å². The molecule has 0 saturated carbocycles. The van der Waals surface area contributed by atoms with Gasteiger partial charge in [0, 0.05) is 9.77 Å². The van der Waals surface area contributed by atoms with E-state index in [2.05, 4.69) is 27.6 Å². The third-order valence-electron chi connectivity index (χ3n) is 1.78. The predicted octanol–water partition coefficient (Wildman–Crippen LogP) is 3.01. The molecule has 0 aliphatic rings. The van der Waals surface area contributed by atoms with Crippen molar-refractivity contribution in [2.45, 2.75) is 6.92 Å². The lowest BCUT2D eigenvalue weighted by atomic mass is 10.4. The van der Waals surface area contributed by atoms with Gasteiger partial charge in [-0.1, -0.05) is 0 Å². The van der Waals surface area contributed by atoms with Crippen molar-refractivity contribution in [3.8, 4) is 0 Å². The number of hydrogen-bond acceptors (Lipinski definition) is 3. The lowest BCUT2D eigenvalue weighted by Gasteiger charge is -1.96. The Morgan fingerprint density at radius 2 is 2.50 bits per heavy atom. The number of H-pyrrole nitrogens is 1. The van der Waals surface area contributed by atoms with E-state index < -0.39 is 0 Å². The highest BCUT2D eigenvalue weighted by Crippen LogP contribution is 2.29. The molecule has 0 saturated heterocycles. The first-order chi connectivity index (χ1) is 6.72. The number of esters is 1. The standard InChI is InChI=1S/C9H8INO2S/c1-2-13-9(12)7-3-6-8(14-7)5(10)4-11-6/h3-4,11H,2H2,1H3. The summed E-state index contributed by atoms with van der Waals surface area (Å²) in [5.41, 5.74) is 1.00. The summed E-state index contributed by atoms with van der Waals surface area (Å²) >= 11 is 3.70. The zero-order valence-electron chi connectivity index (χ0n) is 7.46. The maximum absolute atomic E-state index is 11.4. The number of thiophene rings is 1. The van der Waals surface area contributed by atoms with Gasteiger partial charge in [0.2, 0.25) is 0 Å². The van der Waals surface area contributed by atoms with Crippen LogP contribution in [0.2, 0.25) is 0 Å². The lowest BCUT2D eigenvalue weighted by Crippen LogP contribution is -2.01. The van der Waals surface area contributed by atoms with Crippen molar-refractivity contribution in [2.75, 3.05) is 6.61 Å². The third kappa shape index (κ3) is 1.66. The molecule has 0 bridgehead atoms. The molecule has 2 aromatic rings. The number of fused-ring (bicyclic) bond motifs is 1. The molecule has 1 N–H and O–H groups in total. The first kappa shape index (κ1) is 9.97. The summed E-state index contributed by atoms with van der Waals surface area (Å²) in [5.74, 6) is -0.238. The fourth-order valence-corrected chi connectivity index (χ4v) is 2.88. The molecule has 3 nitrogen and oxygen atoms in total. The van der Waals surface area contributed by atoms with Crippen LogP contribution in [0.3, 0.4) is 0 Å². The van der Waals surface area contributed by atoms with Crippen LogP contribution in [-0.2, 0) is 4.74 Å². The van der Waals surface area contributed by atoms with Crippen LogP contribution >= 0.6 is 33.9 Å². The minimum Gasteiger partial charge on any atom is -0.462 e. The van der Waals surface area contributed by atoms with E-state index in [-0.39, 0.29) is 5.97 Å². The van der Waals surface area contributed by atoms with E-state index >= 15 is 0 Å². The van der Waals surface area contributed by atoms with Gasteiger partial charge in [-0.2, -0.15) is 0 Å². The number of halogens is 1. The number of carbonyl (C=O) groups is 1. The van der Waals surface area contributed by atoms with Crippen molar-refractivity contribution in [2.24, 2.45) is 0 Å². The first-order valence-corrected chi connectivity index (χ1v) is 6.05. The Kier molecular flexibility index (Phi) is 2.78. The van der Waals surface area contributed by atoms with Crippen LogP contribution in [0, 0.1) is 3.57 Å². The van der Waals surface area contributed by atoms with Crippen LogP contribution in [0.15, 0.2) is 12.3 Å². The molecule has 0 aliphatic carbocycles. The number of aromatic amines is 1. The lowest BCUT2D eigenvalue weighted by molar-refractivity contribution is 0.0532. The molecule has 5 heteroatoms. The normalized spacial score (nSPS) is 10.7. The summed E-state index contributed by atoms with van der Waals surface area (Å²) in [5, 5.41) is 0. The number of hydrogen-bond donors (Lipinski definition) is 1. The second-order valence-electron chi connectivity index (χ2n) is 2.71. The molecule has 2 rings (SSSR count). The highest BCUT2D eigenvalue weighted by molar-refractivity contribution is 14.1. The van der Waals surface area contributed by atoms with Crippen LogP contribution in [0.25, 0.3) is 10.2 Å². The maximum Gasteiger partial charge on any atom is 0.348 e. The molecular formula is C9H8INO2S. The van der Waals surface area contributed by atoms with Gasteiger partial charge in [-0.05, 0) is 35.6 Å². The van der Waals surface area contributed by atoms with Gasteiger partial charge in [-0.25, -0.2) is 4.79 Å². The number of aromatic nitrogens is 1. The first-order valence-electron chi connectivity index (χ1n) is 4.16. The molecule has 14 heavy (non-hydrogen) atoms. The Hall–Kier alpha value is -0.560. The van der Waals surface area contributed by atoms with E-state index in [1.165, 1.54) is 11.3 Å². The smallest absolute Gasteiger partial charge is 0.348 e. The molecule has 0 amide bonds. The van der Waals surface area contributed by atoms with Crippen molar-refractivity contribution in [3.63, 3.8) is 0 Å². The topological polar surface area (TPSA) is 42.1 Å². The van der Waals surface area contributed by atoms with Crippen molar-refractivity contribution in [1.82, 2.24) is 4.98 Å². The second kappa shape index (κ2) is 3.90. The highest BCUT2D eigenvalue weighted by Gasteiger charge is 2.13. The Balaban J connectivity index is 2.40. The van der Waals surface area contributed by atoms with Gasteiger partial charge in [-0.3, -0.25) is 0 Å². The molecular weight excluding hydrogens is 313 g/mol. The molecule has 0 aliphatic heterocycles. The minimum atomic E-state index is -0.238. The minimum absolute atomic E-state index is 0.238. The van der Waals surface area contributed by atoms with Gasteiger partial charge in [0.05, 0.1) is 16.8 Å². The van der Waals surface area contributed by atoms with Gasteiger partial charge in [-0.15, -0.1) is 11.3 Å². The Morgan fingerprint density at radius 3 is 3.14 bits per heavy atom. The molecule has 2 aromatic heterocycles. The molecule has 74 valence electrons. The number of carbonyl (C=O) groups excluding carboxylic acids is 1. The van der Waals surface area contributed by atoms with Gasteiger partial charge >= 0.3 is 5.97 Å². The average Bonchev–Trinajstić information content (AvgIpc) is 2.69.